The molecule has 0 spiro atoms. The van der Waals surface area contributed by atoms with Gasteiger partial charge >= 0.3 is 5.69 Å². The van der Waals surface area contributed by atoms with E-state index in [1.165, 1.54) is 10.8 Å². The number of ether oxygens (including phenoxy) is 3. The van der Waals surface area contributed by atoms with E-state index in [0.717, 1.165) is 11.1 Å². The van der Waals surface area contributed by atoms with Crippen molar-refractivity contribution in [2.45, 2.75) is 0 Å². The molecule has 0 bridgehead atoms. The highest BCUT2D eigenvalue weighted by molar-refractivity contribution is 5.70. The SMILES string of the molecule is COc1cc(-c2cnc(=O)n(C)c2)cc(OC)c1OC. The van der Waals surface area contributed by atoms with E-state index in [0.29, 0.717) is 17.2 Å². The lowest BCUT2D eigenvalue weighted by Crippen LogP contribution is -2.18. The third-order valence-electron chi connectivity index (χ3n) is 2.95. The van der Waals surface area contributed by atoms with Crippen molar-refractivity contribution in [2.24, 2.45) is 7.05 Å². The molecule has 1 aromatic carbocycles. The standard InChI is InChI=1S/C14H16N2O4/c1-16-8-10(7-15-14(16)17)9-5-11(18-2)13(20-4)12(6-9)19-3/h5-8H,1-4H3. The predicted octanol–water partition coefficient (Wildman–Crippen LogP) is 1.47. The van der Waals surface area contributed by atoms with E-state index in [9.17, 15) is 4.79 Å². The first-order valence-corrected chi connectivity index (χ1v) is 5.93. The molecule has 0 saturated carbocycles. The first-order chi connectivity index (χ1) is 9.60. The van der Waals surface area contributed by atoms with Gasteiger partial charge in [-0.3, -0.25) is 0 Å². The molecule has 6 heteroatoms. The van der Waals surface area contributed by atoms with Gasteiger partial charge in [-0.05, 0) is 17.7 Å². The number of rotatable bonds is 4. The molecule has 6 nitrogen and oxygen atoms in total. The van der Waals surface area contributed by atoms with E-state index in [4.69, 9.17) is 14.2 Å². The summed E-state index contributed by atoms with van der Waals surface area (Å²) in [7, 11) is 6.31. The zero-order valence-corrected chi connectivity index (χ0v) is 11.8. The van der Waals surface area contributed by atoms with Gasteiger partial charge < -0.3 is 18.8 Å². The van der Waals surface area contributed by atoms with Gasteiger partial charge in [0.25, 0.3) is 0 Å². The Hall–Kier alpha value is -2.50. The highest BCUT2D eigenvalue weighted by Gasteiger charge is 2.14. The Balaban J connectivity index is 2.62. The third-order valence-corrected chi connectivity index (χ3v) is 2.95. The van der Waals surface area contributed by atoms with Gasteiger partial charge in [0.1, 0.15) is 0 Å². The van der Waals surface area contributed by atoms with Crippen LogP contribution in [0.1, 0.15) is 0 Å². The number of hydrogen-bond acceptors (Lipinski definition) is 5. The molecule has 1 aromatic heterocycles. The van der Waals surface area contributed by atoms with Gasteiger partial charge in [-0.2, -0.15) is 0 Å². The summed E-state index contributed by atoms with van der Waals surface area (Å²) >= 11 is 0. The van der Waals surface area contributed by atoms with Crippen LogP contribution in [-0.2, 0) is 7.05 Å². The van der Waals surface area contributed by atoms with Crippen LogP contribution in [0.2, 0.25) is 0 Å². The van der Waals surface area contributed by atoms with Gasteiger partial charge in [0.2, 0.25) is 5.75 Å². The second-order valence-electron chi connectivity index (χ2n) is 4.15. The zero-order valence-electron chi connectivity index (χ0n) is 11.8. The van der Waals surface area contributed by atoms with E-state index in [2.05, 4.69) is 4.98 Å². The Bertz CT molecular complexity index is 654. The quantitative estimate of drug-likeness (QED) is 0.846. The Morgan fingerprint density at radius 1 is 1.00 bits per heavy atom. The molecule has 0 amide bonds. The van der Waals surface area contributed by atoms with Crippen molar-refractivity contribution in [3.05, 3.63) is 35.0 Å². The molecule has 0 aliphatic rings. The molecule has 1 heterocycles. The minimum Gasteiger partial charge on any atom is -0.493 e. The average molecular weight is 276 g/mol. The molecule has 20 heavy (non-hydrogen) atoms. The first kappa shape index (κ1) is 13.9. The van der Waals surface area contributed by atoms with Gasteiger partial charge in [0, 0.05) is 25.0 Å². The zero-order chi connectivity index (χ0) is 14.7. The summed E-state index contributed by atoms with van der Waals surface area (Å²) < 4.78 is 17.3. The lowest BCUT2D eigenvalue weighted by Gasteiger charge is -2.14. The predicted molar refractivity (Wildman–Crippen MR) is 74.6 cm³/mol. The van der Waals surface area contributed by atoms with Crippen molar-refractivity contribution in [3.63, 3.8) is 0 Å². The maximum absolute atomic E-state index is 11.3. The van der Waals surface area contributed by atoms with Crippen molar-refractivity contribution in [1.29, 1.82) is 0 Å². The summed E-state index contributed by atoms with van der Waals surface area (Å²) in [4.78, 5) is 15.1. The van der Waals surface area contributed by atoms with Gasteiger partial charge in [0.15, 0.2) is 11.5 Å². The lowest BCUT2D eigenvalue weighted by atomic mass is 10.1. The summed E-state index contributed by atoms with van der Waals surface area (Å²) in [6.45, 7) is 0. The number of benzene rings is 1. The van der Waals surface area contributed by atoms with Crippen LogP contribution >= 0.6 is 0 Å². The van der Waals surface area contributed by atoms with Crippen molar-refractivity contribution >= 4 is 0 Å². The molecular formula is C14H16N2O4. The topological polar surface area (TPSA) is 62.6 Å². The van der Waals surface area contributed by atoms with Crippen LogP contribution in [0.3, 0.4) is 0 Å². The maximum atomic E-state index is 11.3. The molecule has 0 unspecified atom stereocenters. The van der Waals surface area contributed by atoms with Crippen molar-refractivity contribution in [1.82, 2.24) is 9.55 Å². The highest BCUT2D eigenvalue weighted by Crippen LogP contribution is 2.40. The van der Waals surface area contributed by atoms with E-state index in [1.807, 2.05) is 12.1 Å². The Morgan fingerprint density at radius 2 is 1.60 bits per heavy atom. The minimum atomic E-state index is -0.304. The summed E-state index contributed by atoms with van der Waals surface area (Å²) in [6.07, 6.45) is 3.22. The number of methoxy groups -OCH3 is 3. The normalized spacial score (nSPS) is 10.2. The van der Waals surface area contributed by atoms with E-state index < -0.39 is 0 Å². The van der Waals surface area contributed by atoms with Crippen LogP contribution in [0.15, 0.2) is 29.3 Å². The van der Waals surface area contributed by atoms with Crippen LogP contribution in [-0.4, -0.2) is 30.9 Å². The lowest BCUT2D eigenvalue weighted by molar-refractivity contribution is 0.324. The van der Waals surface area contributed by atoms with Gasteiger partial charge in [-0.25, -0.2) is 9.78 Å². The molecule has 0 N–H and O–H groups in total. The van der Waals surface area contributed by atoms with Crippen LogP contribution in [0.5, 0.6) is 17.2 Å². The van der Waals surface area contributed by atoms with Crippen molar-refractivity contribution in [3.8, 4) is 28.4 Å². The number of nitrogens with zero attached hydrogens (tertiary/aromatic N) is 2. The molecule has 0 saturated heterocycles. The van der Waals surface area contributed by atoms with Crippen LogP contribution in [0.25, 0.3) is 11.1 Å². The highest BCUT2D eigenvalue weighted by atomic mass is 16.5. The van der Waals surface area contributed by atoms with E-state index >= 15 is 0 Å². The fourth-order valence-corrected chi connectivity index (χ4v) is 1.91. The fraction of sp³-hybridized carbons (Fsp3) is 0.286. The average Bonchev–Trinajstić information content (AvgIpc) is 2.48. The smallest absolute Gasteiger partial charge is 0.347 e. The van der Waals surface area contributed by atoms with E-state index in [-0.39, 0.29) is 5.69 Å². The molecule has 106 valence electrons. The van der Waals surface area contributed by atoms with Crippen LogP contribution in [0, 0.1) is 0 Å². The summed E-state index contributed by atoms with van der Waals surface area (Å²) in [5, 5.41) is 0. The largest absolute Gasteiger partial charge is 0.493 e. The van der Waals surface area contributed by atoms with Crippen molar-refractivity contribution < 1.29 is 14.2 Å². The second-order valence-corrected chi connectivity index (χ2v) is 4.15. The minimum absolute atomic E-state index is 0.304. The Morgan fingerprint density at radius 3 is 2.05 bits per heavy atom. The Kier molecular flexibility index (Phi) is 3.93. The molecule has 2 rings (SSSR count). The fourth-order valence-electron chi connectivity index (χ4n) is 1.91. The number of hydrogen-bond donors (Lipinski definition) is 0. The summed E-state index contributed by atoms with van der Waals surface area (Å²) in [6, 6.07) is 3.62. The summed E-state index contributed by atoms with van der Waals surface area (Å²) in [5.74, 6) is 1.63. The summed E-state index contributed by atoms with van der Waals surface area (Å²) in [5.41, 5.74) is 1.30. The maximum Gasteiger partial charge on any atom is 0.347 e. The van der Waals surface area contributed by atoms with Gasteiger partial charge in [-0.1, -0.05) is 0 Å². The van der Waals surface area contributed by atoms with E-state index in [1.54, 1.807) is 34.6 Å². The van der Waals surface area contributed by atoms with Crippen LogP contribution < -0.4 is 19.9 Å². The number of aromatic nitrogens is 2. The Labute approximate surface area is 116 Å². The molecule has 0 aliphatic carbocycles. The molecule has 0 radical (unpaired) electrons. The van der Waals surface area contributed by atoms with Gasteiger partial charge in [0.05, 0.1) is 21.3 Å². The first-order valence-electron chi connectivity index (χ1n) is 5.93. The monoisotopic (exact) mass is 276 g/mol. The molecule has 2 aromatic rings. The molecule has 0 fully saturated rings. The van der Waals surface area contributed by atoms with Crippen LogP contribution in [0.4, 0.5) is 0 Å². The van der Waals surface area contributed by atoms with Gasteiger partial charge in [-0.15, -0.1) is 0 Å². The van der Waals surface area contributed by atoms with Crippen molar-refractivity contribution in [2.75, 3.05) is 21.3 Å². The second kappa shape index (κ2) is 5.64. The molecular weight excluding hydrogens is 260 g/mol. The molecule has 0 aliphatic heterocycles. The molecule has 0 atom stereocenters. The number of aryl methyl sites for hydroxylation is 1. The third kappa shape index (κ3) is 2.45.